The van der Waals surface area contributed by atoms with Gasteiger partial charge in [-0.2, -0.15) is 0 Å². The highest BCUT2D eigenvalue weighted by atomic mass is 14.9. The molecule has 10 rings (SSSR count). The Morgan fingerprint density at radius 2 is 0.467 bits per heavy atom. The zero-order valence-electron chi connectivity index (χ0n) is 32.5. The zero-order chi connectivity index (χ0) is 40.1. The van der Waals surface area contributed by atoms with E-state index in [2.05, 4.69) is 143 Å². The number of aromatic nitrogens is 6. The number of nitrogens with zero attached hydrogens (tertiary/aromatic N) is 6. The van der Waals surface area contributed by atoms with E-state index < -0.39 is 0 Å². The van der Waals surface area contributed by atoms with Gasteiger partial charge in [0.05, 0.1) is 34.2 Å². The lowest BCUT2D eigenvalue weighted by Crippen LogP contribution is -1.96. The molecule has 0 fully saturated rings. The molecule has 282 valence electrons. The van der Waals surface area contributed by atoms with Gasteiger partial charge in [0.25, 0.3) is 0 Å². The van der Waals surface area contributed by atoms with Crippen molar-refractivity contribution in [2.24, 2.45) is 0 Å². The Labute approximate surface area is 348 Å². The van der Waals surface area contributed by atoms with E-state index in [9.17, 15) is 0 Å². The third kappa shape index (κ3) is 7.73. The molecule has 0 amide bonds. The largest absolute Gasteiger partial charge is 0.256 e. The molecule has 0 unspecified atom stereocenters. The van der Waals surface area contributed by atoms with Crippen LogP contribution in [0.15, 0.2) is 219 Å². The maximum absolute atomic E-state index is 5.08. The molecule has 0 aliphatic carbocycles. The van der Waals surface area contributed by atoms with E-state index in [4.69, 9.17) is 19.9 Å². The first-order valence-corrected chi connectivity index (χ1v) is 19.8. The summed E-state index contributed by atoms with van der Waals surface area (Å²) in [4.78, 5) is 29.3. The van der Waals surface area contributed by atoms with Gasteiger partial charge in [-0.25, -0.2) is 19.9 Å². The van der Waals surface area contributed by atoms with E-state index in [0.29, 0.717) is 11.6 Å². The molecule has 10 aromatic rings. The third-order valence-corrected chi connectivity index (χ3v) is 10.5. The number of hydrogen-bond donors (Lipinski definition) is 0. The predicted molar refractivity (Wildman–Crippen MR) is 242 cm³/mol. The van der Waals surface area contributed by atoms with Crippen molar-refractivity contribution in [1.29, 1.82) is 0 Å². The molecule has 4 aromatic heterocycles. The molecule has 6 heteroatoms. The van der Waals surface area contributed by atoms with E-state index in [1.807, 2.05) is 85.2 Å². The molecule has 0 saturated heterocycles. The third-order valence-electron chi connectivity index (χ3n) is 10.5. The van der Waals surface area contributed by atoms with Gasteiger partial charge in [-0.3, -0.25) is 9.97 Å². The minimum Gasteiger partial charge on any atom is -0.256 e. The Bertz CT molecular complexity index is 2800. The predicted octanol–water partition coefficient (Wildman–Crippen LogP) is 13.1. The lowest BCUT2D eigenvalue weighted by atomic mass is 10.0. The fourth-order valence-electron chi connectivity index (χ4n) is 7.28. The van der Waals surface area contributed by atoms with Gasteiger partial charge in [-0.05, 0) is 47.5 Å². The normalized spacial score (nSPS) is 11.0. The summed E-state index contributed by atoms with van der Waals surface area (Å²) in [5, 5.41) is 0. The molecule has 0 atom stereocenters. The minimum absolute atomic E-state index is 0.666. The fourth-order valence-corrected chi connectivity index (χ4v) is 7.28. The quantitative estimate of drug-likeness (QED) is 0.145. The number of pyridine rings is 2. The van der Waals surface area contributed by atoms with Gasteiger partial charge in [0.15, 0.2) is 11.6 Å². The number of rotatable bonds is 9. The van der Waals surface area contributed by atoms with Crippen LogP contribution in [0.3, 0.4) is 0 Å². The highest BCUT2D eigenvalue weighted by Crippen LogP contribution is 2.33. The second kappa shape index (κ2) is 16.3. The molecule has 0 aliphatic rings. The molecule has 0 N–H and O–H groups in total. The van der Waals surface area contributed by atoms with Crippen molar-refractivity contribution >= 4 is 0 Å². The van der Waals surface area contributed by atoms with Crippen LogP contribution in [0, 0.1) is 0 Å². The van der Waals surface area contributed by atoms with Gasteiger partial charge < -0.3 is 0 Å². The van der Waals surface area contributed by atoms with Crippen LogP contribution in [0.2, 0.25) is 0 Å². The Balaban J connectivity index is 0.945. The van der Waals surface area contributed by atoms with Crippen molar-refractivity contribution < 1.29 is 0 Å². The van der Waals surface area contributed by atoms with Crippen molar-refractivity contribution in [1.82, 2.24) is 29.9 Å². The van der Waals surface area contributed by atoms with Crippen LogP contribution in [0.4, 0.5) is 0 Å². The van der Waals surface area contributed by atoms with Gasteiger partial charge in [0, 0.05) is 56.9 Å². The fraction of sp³-hybridized carbons (Fsp3) is 0. The maximum atomic E-state index is 5.08. The van der Waals surface area contributed by atoms with Crippen LogP contribution in [-0.2, 0) is 0 Å². The summed E-state index contributed by atoms with van der Waals surface area (Å²) in [5.41, 5.74) is 15.6. The Morgan fingerprint density at radius 1 is 0.200 bits per heavy atom. The van der Waals surface area contributed by atoms with Crippen LogP contribution in [-0.4, -0.2) is 29.9 Å². The highest BCUT2D eigenvalue weighted by molar-refractivity contribution is 5.77. The smallest absolute Gasteiger partial charge is 0.160 e. The van der Waals surface area contributed by atoms with E-state index in [1.54, 1.807) is 0 Å². The van der Waals surface area contributed by atoms with E-state index in [-0.39, 0.29) is 0 Å². The Kier molecular flexibility index (Phi) is 9.84. The van der Waals surface area contributed by atoms with Gasteiger partial charge in [-0.15, -0.1) is 0 Å². The highest BCUT2D eigenvalue weighted by Gasteiger charge is 2.14. The first-order valence-electron chi connectivity index (χ1n) is 19.8. The van der Waals surface area contributed by atoms with Crippen molar-refractivity contribution in [2.45, 2.75) is 0 Å². The number of benzene rings is 6. The van der Waals surface area contributed by atoms with Gasteiger partial charge in [0.1, 0.15) is 0 Å². The summed E-state index contributed by atoms with van der Waals surface area (Å²) in [7, 11) is 0. The lowest BCUT2D eigenvalue weighted by molar-refractivity contribution is 1.18. The van der Waals surface area contributed by atoms with E-state index in [1.165, 1.54) is 0 Å². The van der Waals surface area contributed by atoms with Gasteiger partial charge >= 0.3 is 0 Å². The molecule has 0 saturated carbocycles. The molecule has 6 aromatic carbocycles. The van der Waals surface area contributed by atoms with Crippen LogP contribution >= 0.6 is 0 Å². The molecule has 0 aliphatic heterocycles. The van der Waals surface area contributed by atoms with Crippen molar-refractivity contribution in [3.63, 3.8) is 0 Å². The van der Waals surface area contributed by atoms with Crippen molar-refractivity contribution in [3.8, 4) is 101 Å². The van der Waals surface area contributed by atoms with Crippen LogP contribution < -0.4 is 0 Å². The first kappa shape index (κ1) is 36.1. The van der Waals surface area contributed by atoms with Gasteiger partial charge in [0.2, 0.25) is 0 Å². The van der Waals surface area contributed by atoms with Crippen molar-refractivity contribution in [3.05, 3.63) is 219 Å². The molecule has 6 nitrogen and oxygen atoms in total. The Morgan fingerprint density at radius 3 is 0.783 bits per heavy atom. The summed E-state index contributed by atoms with van der Waals surface area (Å²) >= 11 is 0. The maximum Gasteiger partial charge on any atom is 0.160 e. The van der Waals surface area contributed by atoms with E-state index in [0.717, 1.165) is 89.8 Å². The Hall–Kier alpha value is -8.22. The van der Waals surface area contributed by atoms with Gasteiger partial charge in [-0.1, -0.05) is 170 Å². The minimum atomic E-state index is 0.666. The summed E-state index contributed by atoms with van der Waals surface area (Å²) in [6, 6.07) is 70.2. The average molecular weight is 769 g/mol. The van der Waals surface area contributed by atoms with Crippen LogP contribution in [0.1, 0.15) is 0 Å². The second-order valence-corrected chi connectivity index (χ2v) is 14.4. The summed E-state index contributed by atoms with van der Waals surface area (Å²) in [5.74, 6) is 1.33. The summed E-state index contributed by atoms with van der Waals surface area (Å²) in [6.07, 6.45) is 3.63. The molecule has 0 radical (unpaired) electrons. The topological polar surface area (TPSA) is 77.3 Å². The SMILES string of the molecule is c1ccc(-c2cc(-c3ccc(-c4ccccn4)cc3)nc(-c3ccc(-c4ccc(-c5nc(-c6ccccc6)cc(-c6ccc(-c7ccccn7)cc6)n5)cc4)cc3)n2)cc1. The molecular weight excluding hydrogens is 733 g/mol. The monoisotopic (exact) mass is 768 g/mol. The zero-order valence-corrected chi connectivity index (χ0v) is 32.5. The summed E-state index contributed by atoms with van der Waals surface area (Å²) in [6.45, 7) is 0. The molecule has 0 spiro atoms. The van der Waals surface area contributed by atoms with E-state index >= 15 is 0 Å². The number of hydrogen-bond acceptors (Lipinski definition) is 6. The molecule has 60 heavy (non-hydrogen) atoms. The van der Waals surface area contributed by atoms with Crippen LogP contribution in [0.5, 0.6) is 0 Å². The molecule has 4 heterocycles. The average Bonchev–Trinajstić information content (AvgIpc) is 3.35. The van der Waals surface area contributed by atoms with Crippen molar-refractivity contribution in [2.75, 3.05) is 0 Å². The first-order chi connectivity index (χ1) is 29.7. The molecular formula is C54H36N6. The lowest BCUT2D eigenvalue weighted by Gasteiger charge is -2.11. The second-order valence-electron chi connectivity index (χ2n) is 14.4. The van der Waals surface area contributed by atoms with Crippen LogP contribution in [0.25, 0.3) is 101 Å². The molecule has 0 bridgehead atoms. The summed E-state index contributed by atoms with van der Waals surface area (Å²) < 4.78 is 0. The standard InChI is InChI=1S/C54H36N6/c1-3-11-39(12-4-1)49-35-51(43-25-21-41(22-26-43)47-15-7-9-33-55-47)59-53(57-49)45-29-17-37(18-30-45)38-19-31-46(32-20-38)54-58-50(40-13-5-2-6-14-40)36-52(60-54)44-27-23-42(24-28-44)48-16-8-10-34-56-48/h1-36H.